The van der Waals surface area contributed by atoms with Crippen molar-refractivity contribution in [3.8, 4) is 5.75 Å². The zero-order valence-corrected chi connectivity index (χ0v) is 13.4. The highest BCUT2D eigenvalue weighted by Crippen LogP contribution is 2.17. The maximum Gasteiger partial charge on any atom is 0.242 e. The SMILES string of the molecule is CN(CCOc1ccc(Cl)cc1)S(=O)(=O)c1ccc(F)cc1. The van der Waals surface area contributed by atoms with Gasteiger partial charge in [-0.3, -0.25) is 0 Å². The minimum Gasteiger partial charge on any atom is -0.492 e. The minimum atomic E-state index is -3.65. The average molecular weight is 344 g/mol. The molecule has 2 aromatic rings. The lowest BCUT2D eigenvalue weighted by atomic mass is 10.3. The van der Waals surface area contributed by atoms with Gasteiger partial charge in [-0.25, -0.2) is 12.8 Å². The van der Waals surface area contributed by atoms with Crippen LogP contribution in [-0.4, -0.2) is 32.9 Å². The summed E-state index contributed by atoms with van der Waals surface area (Å²) in [4.78, 5) is 0.0443. The Morgan fingerprint density at radius 3 is 2.27 bits per heavy atom. The molecule has 0 atom stereocenters. The quantitative estimate of drug-likeness (QED) is 0.809. The van der Waals surface area contributed by atoms with Crippen LogP contribution in [0.25, 0.3) is 0 Å². The summed E-state index contributed by atoms with van der Waals surface area (Å²) in [5.41, 5.74) is 0. The molecule has 0 heterocycles. The zero-order chi connectivity index (χ0) is 16.2. The third-order valence-corrected chi connectivity index (χ3v) is 5.13. The summed E-state index contributed by atoms with van der Waals surface area (Å²) < 4.78 is 44.0. The largest absolute Gasteiger partial charge is 0.492 e. The van der Waals surface area contributed by atoms with Crippen molar-refractivity contribution in [2.75, 3.05) is 20.2 Å². The van der Waals surface area contributed by atoms with Crippen molar-refractivity contribution in [1.29, 1.82) is 0 Å². The van der Waals surface area contributed by atoms with Gasteiger partial charge < -0.3 is 4.74 Å². The van der Waals surface area contributed by atoms with Crippen molar-refractivity contribution in [1.82, 2.24) is 4.31 Å². The van der Waals surface area contributed by atoms with Crippen molar-refractivity contribution in [2.24, 2.45) is 0 Å². The number of benzene rings is 2. The lowest BCUT2D eigenvalue weighted by molar-refractivity contribution is 0.287. The van der Waals surface area contributed by atoms with Gasteiger partial charge in [0.25, 0.3) is 0 Å². The summed E-state index contributed by atoms with van der Waals surface area (Å²) in [5.74, 6) is 0.129. The molecular weight excluding hydrogens is 329 g/mol. The molecule has 0 aliphatic heterocycles. The van der Waals surface area contributed by atoms with Gasteiger partial charge in [0, 0.05) is 18.6 Å². The third kappa shape index (κ3) is 4.19. The van der Waals surface area contributed by atoms with Crippen LogP contribution in [-0.2, 0) is 10.0 Å². The van der Waals surface area contributed by atoms with Crippen molar-refractivity contribution in [3.63, 3.8) is 0 Å². The number of ether oxygens (including phenoxy) is 1. The first kappa shape index (κ1) is 16.7. The summed E-state index contributed by atoms with van der Waals surface area (Å²) in [6, 6.07) is 11.5. The monoisotopic (exact) mass is 343 g/mol. The molecule has 0 saturated carbocycles. The second kappa shape index (κ2) is 7.09. The van der Waals surface area contributed by atoms with Crippen molar-refractivity contribution < 1.29 is 17.5 Å². The molecule has 0 aromatic heterocycles. The van der Waals surface area contributed by atoms with E-state index in [1.54, 1.807) is 24.3 Å². The van der Waals surface area contributed by atoms with Gasteiger partial charge in [0.2, 0.25) is 10.0 Å². The molecule has 0 amide bonds. The van der Waals surface area contributed by atoms with Crippen LogP contribution >= 0.6 is 11.6 Å². The van der Waals surface area contributed by atoms with E-state index in [0.717, 1.165) is 16.4 Å². The number of rotatable bonds is 6. The Bertz CT molecular complexity index is 717. The van der Waals surface area contributed by atoms with Crippen LogP contribution < -0.4 is 4.74 Å². The summed E-state index contributed by atoms with van der Waals surface area (Å²) in [5, 5.41) is 0.600. The Morgan fingerprint density at radius 2 is 1.68 bits per heavy atom. The lowest BCUT2D eigenvalue weighted by Gasteiger charge is -2.17. The number of likely N-dealkylation sites (N-methyl/N-ethyl adjacent to an activating group) is 1. The van der Waals surface area contributed by atoms with Crippen LogP contribution in [0.4, 0.5) is 4.39 Å². The molecule has 2 aromatic carbocycles. The van der Waals surface area contributed by atoms with E-state index in [4.69, 9.17) is 16.3 Å². The zero-order valence-electron chi connectivity index (χ0n) is 11.9. The van der Waals surface area contributed by atoms with Crippen molar-refractivity contribution in [2.45, 2.75) is 4.90 Å². The van der Waals surface area contributed by atoms with Gasteiger partial charge in [0.15, 0.2) is 0 Å². The molecule has 0 N–H and O–H groups in total. The molecule has 0 saturated heterocycles. The first-order valence-electron chi connectivity index (χ1n) is 6.50. The Kier molecular flexibility index (Phi) is 5.39. The first-order chi connectivity index (χ1) is 10.4. The van der Waals surface area contributed by atoms with Gasteiger partial charge in [-0.15, -0.1) is 0 Å². The molecule has 4 nitrogen and oxygen atoms in total. The molecule has 118 valence electrons. The number of halogens is 2. The summed E-state index contributed by atoms with van der Waals surface area (Å²) >= 11 is 5.77. The van der Waals surface area contributed by atoms with Crippen LogP contribution in [0, 0.1) is 5.82 Å². The van der Waals surface area contributed by atoms with Gasteiger partial charge in [0.1, 0.15) is 18.2 Å². The van der Waals surface area contributed by atoms with E-state index in [2.05, 4.69) is 0 Å². The molecule has 7 heteroatoms. The molecular formula is C15H15ClFNO3S. The Balaban J connectivity index is 1.94. The second-order valence-corrected chi connectivity index (χ2v) is 7.06. The predicted molar refractivity (Wildman–Crippen MR) is 83.2 cm³/mol. The third-order valence-electron chi connectivity index (χ3n) is 3.01. The maximum absolute atomic E-state index is 12.9. The Labute approximate surface area is 134 Å². The fourth-order valence-corrected chi connectivity index (χ4v) is 3.01. The van der Waals surface area contributed by atoms with Gasteiger partial charge in [0.05, 0.1) is 4.90 Å². The first-order valence-corrected chi connectivity index (χ1v) is 8.31. The van der Waals surface area contributed by atoms with E-state index in [-0.39, 0.29) is 18.0 Å². The van der Waals surface area contributed by atoms with E-state index in [9.17, 15) is 12.8 Å². The number of nitrogens with zero attached hydrogens (tertiary/aromatic N) is 1. The van der Waals surface area contributed by atoms with Crippen LogP contribution in [0.5, 0.6) is 5.75 Å². The molecule has 0 unspecified atom stereocenters. The molecule has 22 heavy (non-hydrogen) atoms. The molecule has 2 rings (SSSR count). The molecule has 0 aliphatic rings. The second-order valence-electron chi connectivity index (χ2n) is 4.58. The van der Waals surface area contributed by atoms with Crippen molar-refractivity contribution in [3.05, 3.63) is 59.4 Å². The van der Waals surface area contributed by atoms with E-state index in [1.807, 2.05) is 0 Å². The van der Waals surface area contributed by atoms with Gasteiger partial charge in [-0.05, 0) is 48.5 Å². The highest BCUT2D eigenvalue weighted by Gasteiger charge is 2.20. The van der Waals surface area contributed by atoms with Gasteiger partial charge in [-0.2, -0.15) is 4.31 Å². The van der Waals surface area contributed by atoms with Crippen LogP contribution in [0.1, 0.15) is 0 Å². The van der Waals surface area contributed by atoms with E-state index >= 15 is 0 Å². The van der Waals surface area contributed by atoms with Gasteiger partial charge >= 0.3 is 0 Å². The van der Waals surface area contributed by atoms with Crippen LogP contribution in [0.3, 0.4) is 0 Å². The molecule has 0 fully saturated rings. The number of hydrogen-bond acceptors (Lipinski definition) is 3. The average Bonchev–Trinajstić information content (AvgIpc) is 2.49. The Morgan fingerprint density at radius 1 is 1.09 bits per heavy atom. The topological polar surface area (TPSA) is 46.6 Å². The summed E-state index contributed by atoms with van der Waals surface area (Å²) in [7, 11) is -2.20. The fraction of sp³-hybridized carbons (Fsp3) is 0.200. The number of sulfonamides is 1. The molecule has 0 radical (unpaired) electrons. The standard InChI is InChI=1S/C15H15ClFNO3S/c1-18(10-11-21-14-6-2-12(16)3-7-14)22(19,20)15-8-4-13(17)5-9-15/h2-9H,10-11H2,1H3. The fourth-order valence-electron chi connectivity index (χ4n) is 1.73. The van der Waals surface area contributed by atoms with Crippen molar-refractivity contribution >= 4 is 21.6 Å². The molecule has 0 bridgehead atoms. The van der Waals surface area contributed by atoms with Gasteiger partial charge in [-0.1, -0.05) is 11.6 Å². The predicted octanol–water partition coefficient (Wildman–Crippen LogP) is 3.18. The highest BCUT2D eigenvalue weighted by molar-refractivity contribution is 7.89. The molecule has 0 spiro atoms. The smallest absolute Gasteiger partial charge is 0.242 e. The summed E-state index contributed by atoms with van der Waals surface area (Å²) in [6.07, 6.45) is 0. The lowest BCUT2D eigenvalue weighted by Crippen LogP contribution is -2.31. The van der Waals surface area contributed by atoms with E-state index in [1.165, 1.54) is 19.2 Å². The minimum absolute atomic E-state index is 0.0443. The summed E-state index contributed by atoms with van der Waals surface area (Å²) in [6.45, 7) is 0.362. The normalized spacial score (nSPS) is 11.6. The maximum atomic E-state index is 12.9. The highest BCUT2D eigenvalue weighted by atomic mass is 35.5. The van der Waals surface area contributed by atoms with Crippen LogP contribution in [0.2, 0.25) is 5.02 Å². The Hall–Kier alpha value is -1.63. The number of hydrogen-bond donors (Lipinski definition) is 0. The molecule has 0 aliphatic carbocycles. The van der Waals surface area contributed by atoms with E-state index in [0.29, 0.717) is 10.8 Å². The van der Waals surface area contributed by atoms with Crippen LogP contribution in [0.15, 0.2) is 53.4 Å². The van der Waals surface area contributed by atoms with E-state index < -0.39 is 15.8 Å².